The highest BCUT2D eigenvalue weighted by molar-refractivity contribution is 8.33. The molecule has 0 bridgehead atoms. The second kappa shape index (κ2) is 11.1. The summed E-state index contributed by atoms with van der Waals surface area (Å²) in [6.45, 7) is 20.1. The third-order valence-corrected chi connectivity index (χ3v) is 11.1. The lowest BCUT2D eigenvalue weighted by molar-refractivity contribution is 0.737. The van der Waals surface area contributed by atoms with Gasteiger partial charge in [0, 0.05) is 18.3 Å². The van der Waals surface area contributed by atoms with Gasteiger partial charge >= 0.3 is 0 Å². The fraction of sp³-hybridized carbons (Fsp3) is 0.519. The number of aromatic nitrogens is 5. The summed E-state index contributed by atoms with van der Waals surface area (Å²) in [6.07, 6.45) is 6.81. The van der Waals surface area contributed by atoms with E-state index in [1.807, 2.05) is 45.3 Å². The van der Waals surface area contributed by atoms with Crippen LogP contribution in [-0.2, 0) is 6.54 Å². The quantitative estimate of drug-likeness (QED) is 0.284. The van der Waals surface area contributed by atoms with Gasteiger partial charge < -0.3 is 4.57 Å². The number of imidazole rings is 1. The molecule has 0 aliphatic heterocycles. The van der Waals surface area contributed by atoms with E-state index in [0.29, 0.717) is 4.75 Å². The summed E-state index contributed by atoms with van der Waals surface area (Å²) in [5.41, 5.74) is 6.33. The smallest absolute Gasteiger partial charge is 0.241 e. The van der Waals surface area contributed by atoms with Crippen LogP contribution in [0.1, 0.15) is 60.0 Å². The zero-order valence-electron chi connectivity index (χ0n) is 22.8. The summed E-state index contributed by atoms with van der Waals surface area (Å²) in [5.74, 6) is 2.24. The summed E-state index contributed by atoms with van der Waals surface area (Å²) >= 11 is 6.03. The molecule has 7 heteroatoms. The van der Waals surface area contributed by atoms with Crippen LogP contribution in [0.5, 0.6) is 0 Å². The summed E-state index contributed by atoms with van der Waals surface area (Å²) in [4.78, 5) is 9.16. The van der Waals surface area contributed by atoms with Gasteiger partial charge in [-0.3, -0.25) is 0 Å². The molecule has 0 fully saturated rings. The maximum atomic E-state index is 6.03. The van der Waals surface area contributed by atoms with Gasteiger partial charge in [0.1, 0.15) is 5.82 Å². The van der Waals surface area contributed by atoms with E-state index < -0.39 is 10.0 Å². The van der Waals surface area contributed by atoms with Crippen molar-refractivity contribution in [1.29, 1.82) is 0 Å². The summed E-state index contributed by atoms with van der Waals surface area (Å²) in [7, 11) is -0.732. The first-order valence-electron chi connectivity index (χ1n) is 12.2. The fourth-order valence-electron chi connectivity index (χ4n) is 3.72. The zero-order chi connectivity index (χ0) is 25.8. The van der Waals surface area contributed by atoms with Crippen molar-refractivity contribution in [1.82, 2.24) is 24.1 Å². The van der Waals surface area contributed by atoms with Crippen molar-refractivity contribution in [3.05, 3.63) is 47.3 Å². The Hall–Kier alpha value is -2.05. The second-order valence-electron chi connectivity index (χ2n) is 9.36. The summed E-state index contributed by atoms with van der Waals surface area (Å²) in [5, 5.41) is 4.56. The standard InChI is InChI=1S/C23H30ClN5S.2C2H6/c1-15-21-18(10-11-29(21)27-22(24)25-15)17-8-9-19-20(14-17)28(16(2)26-19)12-13-30(6,7)23(3,4)5;2*1-2/h8-11,14H,12-13H2,1-7H3;2*1-2H3. The predicted molar refractivity (Wildman–Crippen MR) is 153 cm³/mol. The van der Waals surface area contributed by atoms with Crippen LogP contribution < -0.4 is 0 Å². The average molecular weight is 504 g/mol. The Kier molecular flexibility index (Phi) is 9.23. The van der Waals surface area contributed by atoms with Crippen LogP contribution in [0.4, 0.5) is 0 Å². The molecule has 0 unspecified atom stereocenters. The van der Waals surface area contributed by atoms with Crippen molar-refractivity contribution in [2.75, 3.05) is 18.3 Å². The van der Waals surface area contributed by atoms with E-state index in [0.717, 1.165) is 40.2 Å². The molecule has 0 saturated carbocycles. The third kappa shape index (κ3) is 5.60. The Bertz CT molecular complexity index is 1250. The molecule has 0 aliphatic carbocycles. The number of hydrogen-bond acceptors (Lipinski definition) is 3. The van der Waals surface area contributed by atoms with Crippen LogP contribution in [0.2, 0.25) is 5.28 Å². The first-order chi connectivity index (χ1) is 16.0. The molecule has 0 aliphatic rings. The topological polar surface area (TPSA) is 48.0 Å². The largest absolute Gasteiger partial charge is 0.327 e. The Balaban J connectivity index is 0.000000970. The van der Waals surface area contributed by atoms with E-state index in [1.54, 1.807) is 0 Å². The number of halogens is 1. The zero-order valence-corrected chi connectivity index (χ0v) is 24.4. The van der Waals surface area contributed by atoms with Crippen LogP contribution in [0, 0.1) is 13.8 Å². The van der Waals surface area contributed by atoms with Gasteiger partial charge in [0.15, 0.2) is 0 Å². The van der Waals surface area contributed by atoms with Crippen molar-refractivity contribution in [3.63, 3.8) is 0 Å². The van der Waals surface area contributed by atoms with Gasteiger partial charge in [0.05, 0.1) is 22.2 Å². The van der Waals surface area contributed by atoms with Gasteiger partial charge in [-0.2, -0.15) is 0 Å². The first-order valence-corrected chi connectivity index (χ1v) is 15.2. The molecule has 188 valence electrons. The highest BCUT2D eigenvalue weighted by atomic mass is 35.5. The van der Waals surface area contributed by atoms with Crippen LogP contribution in [0.3, 0.4) is 0 Å². The number of fused-ring (bicyclic) bond motifs is 2. The minimum absolute atomic E-state index is 0.260. The van der Waals surface area contributed by atoms with Crippen molar-refractivity contribution in [3.8, 4) is 11.1 Å². The van der Waals surface area contributed by atoms with E-state index >= 15 is 0 Å². The Morgan fingerprint density at radius 2 is 1.62 bits per heavy atom. The molecule has 0 atom stereocenters. The second-order valence-corrected chi connectivity index (χ2v) is 14.4. The molecular formula is C27H42ClN5S. The number of hydrogen-bond donors (Lipinski definition) is 0. The molecule has 4 rings (SSSR count). The van der Waals surface area contributed by atoms with E-state index in [9.17, 15) is 0 Å². The average Bonchev–Trinajstić information content (AvgIpc) is 3.34. The minimum Gasteiger partial charge on any atom is -0.327 e. The Labute approximate surface area is 212 Å². The van der Waals surface area contributed by atoms with Crippen molar-refractivity contribution in [2.45, 2.75) is 73.6 Å². The molecule has 34 heavy (non-hydrogen) atoms. The highest BCUT2D eigenvalue weighted by Crippen LogP contribution is 2.52. The van der Waals surface area contributed by atoms with Gasteiger partial charge in [-0.1, -0.05) is 54.5 Å². The lowest BCUT2D eigenvalue weighted by atomic mass is 10.1. The third-order valence-electron chi connectivity index (χ3n) is 6.39. The van der Waals surface area contributed by atoms with Crippen LogP contribution in [0.25, 0.3) is 27.7 Å². The van der Waals surface area contributed by atoms with Crippen LogP contribution in [0.15, 0.2) is 30.5 Å². The molecule has 4 aromatic rings. The van der Waals surface area contributed by atoms with E-state index in [1.165, 1.54) is 11.3 Å². The Morgan fingerprint density at radius 1 is 0.971 bits per heavy atom. The van der Waals surface area contributed by atoms with Gasteiger partial charge in [-0.15, -0.1) is 5.10 Å². The molecule has 3 heterocycles. The van der Waals surface area contributed by atoms with Crippen LogP contribution >= 0.6 is 21.6 Å². The normalized spacial score (nSPS) is 12.2. The molecule has 0 N–H and O–H groups in total. The predicted octanol–water partition coefficient (Wildman–Crippen LogP) is 7.93. The molecule has 1 aromatic carbocycles. The number of nitrogens with zero attached hydrogens (tertiary/aromatic N) is 5. The van der Waals surface area contributed by atoms with E-state index in [4.69, 9.17) is 16.6 Å². The molecule has 0 radical (unpaired) electrons. The van der Waals surface area contributed by atoms with Gasteiger partial charge in [0.2, 0.25) is 5.28 Å². The molecule has 0 saturated heterocycles. The van der Waals surface area contributed by atoms with Crippen LogP contribution in [-0.4, -0.2) is 47.2 Å². The van der Waals surface area contributed by atoms with E-state index in [-0.39, 0.29) is 5.28 Å². The maximum absolute atomic E-state index is 6.03. The lowest BCUT2D eigenvalue weighted by Crippen LogP contribution is -2.27. The minimum atomic E-state index is -0.732. The molecule has 0 spiro atoms. The summed E-state index contributed by atoms with van der Waals surface area (Å²) in [6, 6.07) is 8.57. The van der Waals surface area contributed by atoms with Crippen molar-refractivity contribution in [2.24, 2.45) is 0 Å². The fourth-order valence-corrected chi connectivity index (χ4v) is 5.18. The Morgan fingerprint density at radius 3 is 2.24 bits per heavy atom. The SMILES string of the molecule is CC.CC.Cc1nc(Cl)nn2ccc(-c3ccc4nc(C)n(CCS(C)(C)C(C)(C)C)c4c3)c12. The highest BCUT2D eigenvalue weighted by Gasteiger charge is 2.27. The van der Waals surface area contributed by atoms with Crippen molar-refractivity contribution < 1.29 is 0 Å². The number of rotatable bonds is 4. The monoisotopic (exact) mass is 503 g/mol. The van der Waals surface area contributed by atoms with Gasteiger partial charge in [0.25, 0.3) is 0 Å². The summed E-state index contributed by atoms with van der Waals surface area (Å²) < 4.78 is 4.51. The van der Waals surface area contributed by atoms with Gasteiger partial charge in [-0.25, -0.2) is 24.5 Å². The molecule has 5 nitrogen and oxygen atoms in total. The maximum Gasteiger partial charge on any atom is 0.241 e. The number of benzene rings is 1. The van der Waals surface area contributed by atoms with Crippen molar-refractivity contribution >= 4 is 38.2 Å². The first kappa shape index (κ1) is 28.2. The van der Waals surface area contributed by atoms with E-state index in [2.05, 4.69) is 79.1 Å². The van der Waals surface area contributed by atoms with Gasteiger partial charge in [-0.05, 0) is 72.2 Å². The molecule has 0 amide bonds. The molecule has 3 aromatic heterocycles. The molecular weight excluding hydrogens is 462 g/mol. The number of aryl methyl sites for hydroxylation is 3. The lowest BCUT2D eigenvalue weighted by Gasteiger charge is -2.44.